The molecule has 6 heteroatoms. The zero-order valence-electron chi connectivity index (χ0n) is 12.6. The molecule has 0 aliphatic rings. The van der Waals surface area contributed by atoms with E-state index in [9.17, 15) is 9.59 Å². The topological polar surface area (TPSA) is 70.2 Å². The zero-order chi connectivity index (χ0) is 15.8. The molecule has 0 saturated heterocycles. The molecule has 1 aromatic carbocycles. The molecular weight excluding hydrogens is 334 g/mol. The van der Waals surface area contributed by atoms with E-state index in [4.69, 9.17) is 0 Å². The molecule has 0 heterocycles. The van der Waals surface area contributed by atoms with Gasteiger partial charge in [0.2, 0.25) is 5.91 Å². The first kappa shape index (κ1) is 17.5. The number of hydrogen-bond donors (Lipinski definition) is 3. The lowest BCUT2D eigenvalue weighted by Crippen LogP contribution is -2.41. The Balaban J connectivity index is 2.31. The summed E-state index contributed by atoms with van der Waals surface area (Å²) in [5.74, 6) is -0.0620. The minimum Gasteiger partial charge on any atom is -0.354 e. The van der Waals surface area contributed by atoms with Gasteiger partial charge in [-0.2, -0.15) is 0 Å². The molecule has 0 radical (unpaired) electrons. The van der Waals surface area contributed by atoms with Crippen molar-refractivity contribution >= 4 is 27.9 Å². The molecule has 21 heavy (non-hydrogen) atoms. The van der Waals surface area contributed by atoms with E-state index in [2.05, 4.69) is 31.9 Å². The number of hydrogen-bond acceptors (Lipinski definition) is 2. The maximum Gasteiger partial charge on any atom is 0.315 e. The van der Waals surface area contributed by atoms with Gasteiger partial charge in [-0.05, 0) is 18.6 Å². The Bertz CT molecular complexity index is 492. The van der Waals surface area contributed by atoms with Crippen LogP contribution in [-0.4, -0.2) is 25.0 Å². The number of carbonyl (C=O) groups is 2. The van der Waals surface area contributed by atoms with Crippen molar-refractivity contribution < 1.29 is 9.59 Å². The van der Waals surface area contributed by atoms with Crippen molar-refractivity contribution in [2.24, 2.45) is 5.92 Å². The Labute approximate surface area is 134 Å². The predicted octanol–water partition coefficient (Wildman–Crippen LogP) is 2.58. The highest BCUT2D eigenvalue weighted by molar-refractivity contribution is 9.10. The highest BCUT2D eigenvalue weighted by Gasteiger charge is 2.11. The second-order valence-corrected chi connectivity index (χ2v) is 5.94. The van der Waals surface area contributed by atoms with E-state index < -0.39 is 0 Å². The van der Waals surface area contributed by atoms with Gasteiger partial charge in [-0.3, -0.25) is 4.79 Å². The summed E-state index contributed by atoms with van der Waals surface area (Å²) in [6.45, 7) is 6.39. The number of nitrogens with one attached hydrogen (secondary N) is 3. The zero-order valence-corrected chi connectivity index (χ0v) is 14.2. The number of amides is 3. The Hall–Kier alpha value is -1.56. The van der Waals surface area contributed by atoms with Gasteiger partial charge in [0.25, 0.3) is 0 Å². The highest BCUT2D eigenvalue weighted by atomic mass is 79.9. The maximum absolute atomic E-state index is 11.8. The van der Waals surface area contributed by atoms with Gasteiger partial charge in [0, 0.05) is 23.5 Å². The van der Waals surface area contributed by atoms with Crippen LogP contribution in [0.25, 0.3) is 0 Å². The van der Waals surface area contributed by atoms with Crippen molar-refractivity contribution in [3.05, 3.63) is 34.3 Å². The number of urea groups is 1. The molecule has 1 unspecified atom stereocenters. The molecule has 0 bridgehead atoms. The summed E-state index contributed by atoms with van der Waals surface area (Å²) in [7, 11) is 0. The number of rotatable bonds is 6. The van der Waals surface area contributed by atoms with Crippen LogP contribution in [0, 0.1) is 5.92 Å². The molecule has 1 aromatic rings. The average molecular weight is 356 g/mol. The first-order valence-electron chi connectivity index (χ1n) is 6.98. The highest BCUT2D eigenvalue weighted by Crippen LogP contribution is 2.22. The van der Waals surface area contributed by atoms with Crippen molar-refractivity contribution in [2.45, 2.75) is 26.8 Å². The average Bonchev–Trinajstić information content (AvgIpc) is 2.43. The minimum absolute atomic E-state index is 0.0150. The number of carbonyl (C=O) groups excluding carboxylic acids is 2. The van der Waals surface area contributed by atoms with E-state index in [0.717, 1.165) is 10.0 Å². The van der Waals surface area contributed by atoms with E-state index in [1.807, 2.05) is 45.0 Å². The van der Waals surface area contributed by atoms with Crippen molar-refractivity contribution in [1.82, 2.24) is 16.0 Å². The molecule has 0 fully saturated rings. The molecule has 3 N–H and O–H groups in total. The minimum atomic E-state index is -0.253. The second kappa shape index (κ2) is 8.67. The molecule has 1 rings (SSSR count). The standard InChI is InChI=1S/C15H22BrN3O2/c1-10(2)14(20)17-8-9-18-15(21)19-11(3)12-6-4-5-7-13(12)16/h4-7,10-11H,8-9H2,1-3H3,(H,17,20)(H2,18,19,21). The van der Waals surface area contributed by atoms with Crippen LogP contribution in [-0.2, 0) is 4.79 Å². The summed E-state index contributed by atoms with van der Waals surface area (Å²) >= 11 is 3.46. The van der Waals surface area contributed by atoms with Gasteiger partial charge in [0.05, 0.1) is 6.04 Å². The maximum atomic E-state index is 11.8. The van der Waals surface area contributed by atoms with Crippen LogP contribution >= 0.6 is 15.9 Å². The van der Waals surface area contributed by atoms with Crippen LogP contribution in [0.2, 0.25) is 0 Å². The predicted molar refractivity (Wildman–Crippen MR) is 86.9 cm³/mol. The molecule has 0 aromatic heterocycles. The van der Waals surface area contributed by atoms with Gasteiger partial charge in [-0.15, -0.1) is 0 Å². The van der Waals surface area contributed by atoms with Crippen molar-refractivity contribution in [1.29, 1.82) is 0 Å². The van der Waals surface area contributed by atoms with Gasteiger partial charge < -0.3 is 16.0 Å². The molecule has 116 valence electrons. The van der Waals surface area contributed by atoms with Crippen LogP contribution in [0.15, 0.2) is 28.7 Å². The molecule has 0 saturated carbocycles. The Morgan fingerprint density at radius 2 is 1.71 bits per heavy atom. The van der Waals surface area contributed by atoms with E-state index in [0.29, 0.717) is 13.1 Å². The molecular formula is C15H22BrN3O2. The summed E-state index contributed by atoms with van der Waals surface area (Å²) in [5, 5.41) is 8.31. The van der Waals surface area contributed by atoms with E-state index in [1.165, 1.54) is 0 Å². The first-order valence-corrected chi connectivity index (χ1v) is 7.77. The van der Waals surface area contributed by atoms with E-state index in [1.54, 1.807) is 0 Å². The summed E-state index contributed by atoms with van der Waals surface area (Å²) < 4.78 is 0.960. The third-order valence-corrected chi connectivity index (χ3v) is 3.68. The Morgan fingerprint density at radius 3 is 2.33 bits per heavy atom. The van der Waals surface area contributed by atoms with E-state index >= 15 is 0 Å². The molecule has 1 atom stereocenters. The lowest BCUT2D eigenvalue weighted by molar-refractivity contribution is -0.123. The lowest BCUT2D eigenvalue weighted by Gasteiger charge is -2.16. The third kappa shape index (κ3) is 6.16. The quantitative estimate of drug-likeness (QED) is 0.686. The third-order valence-electron chi connectivity index (χ3n) is 2.95. The van der Waals surface area contributed by atoms with Crippen molar-refractivity contribution in [2.75, 3.05) is 13.1 Å². The number of benzene rings is 1. The first-order chi connectivity index (χ1) is 9.91. The molecule has 5 nitrogen and oxygen atoms in total. The monoisotopic (exact) mass is 355 g/mol. The Morgan fingerprint density at radius 1 is 1.10 bits per heavy atom. The fraction of sp³-hybridized carbons (Fsp3) is 0.467. The molecule has 0 aliphatic carbocycles. The molecule has 0 aliphatic heterocycles. The summed E-state index contributed by atoms with van der Waals surface area (Å²) in [6, 6.07) is 7.39. The van der Waals surface area contributed by atoms with Gasteiger partial charge >= 0.3 is 6.03 Å². The van der Waals surface area contributed by atoms with Crippen molar-refractivity contribution in [3.63, 3.8) is 0 Å². The van der Waals surface area contributed by atoms with Gasteiger partial charge in [-0.1, -0.05) is 48.0 Å². The summed E-state index contributed by atoms with van der Waals surface area (Å²) in [6.07, 6.45) is 0. The van der Waals surface area contributed by atoms with Crippen LogP contribution < -0.4 is 16.0 Å². The normalized spacial score (nSPS) is 11.9. The molecule has 0 spiro atoms. The number of halogens is 1. The van der Waals surface area contributed by atoms with Crippen LogP contribution in [0.5, 0.6) is 0 Å². The summed E-state index contributed by atoms with van der Waals surface area (Å²) in [4.78, 5) is 23.1. The fourth-order valence-corrected chi connectivity index (χ4v) is 2.35. The van der Waals surface area contributed by atoms with E-state index in [-0.39, 0.29) is 23.9 Å². The largest absolute Gasteiger partial charge is 0.354 e. The van der Waals surface area contributed by atoms with Crippen LogP contribution in [0.1, 0.15) is 32.4 Å². The van der Waals surface area contributed by atoms with Crippen LogP contribution in [0.3, 0.4) is 0 Å². The molecule has 3 amide bonds. The Kier molecular flexibility index (Phi) is 7.22. The smallest absolute Gasteiger partial charge is 0.315 e. The fourth-order valence-electron chi connectivity index (χ4n) is 1.72. The SMILES string of the molecule is CC(C)C(=O)NCCNC(=O)NC(C)c1ccccc1Br. The summed E-state index contributed by atoms with van der Waals surface area (Å²) in [5.41, 5.74) is 1.01. The van der Waals surface area contributed by atoms with Gasteiger partial charge in [-0.25, -0.2) is 4.79 Å². The van der Waals surface area contributed by atoms with Crippen LogP contribution in [0.4, 0.5) is 4.79 Å². The van der Waals surface area contributed by atoms with Gasteiger partial charge in [0.1, 0.15) is 0 Å². The van der Waals surface area contributed by atoms with Gasteiger partial charge in [0.15, 0.2) is 0 Å². The lowest BCUT2D eigenvalue weighted by atomic mass is 10.1. The van der Waals surface area contributed by atoms with Crippen molar-refractivity contribution in [3.8, 4) is 0 Å². The second-order valence-electron chi connectivity index (χ2n) is 5.09.